The Morgan fingerprint density at radius 1 is 0.182 bits per heavy atom. The molecule has 1 heteroatoms. The number of fused-ring (bicyclic) bond motifs is 3. The molecule has 0 aliphatic heterocycles. The van der Waals surface area contributed by atoms with Crippen molar-refractivity contribution < 1.29 is 4.42 Å². The Bertz CT molecular complexity index is 2900. The zero-order valence-electron chi connectivity index (χ0n) is 30.2. The normalized spacial score (nSPS) is 11.3. The van der Waals surface area contributed by atoms with E-state index < -0.39 is 0 Å². The lowest BCUT2D eigenvalue weighted by molar-refractivity contribution is 0.669. The highest BCUT2D eigenvalue weighted by Crippen LogP contribution is 2.36. The summed E-state index contributed by atoms with van der Waals surface area (Å²) < 4.78 is 6.04. The zero-order valence-corrected chi connectivity index (χ0v) is 30.2. The van der Waals surface area contributed by atoms with Gasteiger partial charge in [0.05, 0.1) is 0 Å². The van der Waals surface area contributed by atoms with E-state index in [4.69, 9.17) is 4.42 Å². The lowest BCUT2D eigenvalue weighted by Crippen LogP contribution is -1.87. The third kappa shape index (κ3) is 6.43. The van der Waals surface area contributed by atoms with Gasteiger partial charge in [0.15, 0.2) is 0 Å². The van der Waals surface area contributed by atoms with Crippen LogP contribution in [0.25, 0.3) is 99.8 Å². The molecule has 0 bridgehead atoms. The summed E-state index contributed by atoms with van der Waals surface area (Å²) in [6.45, 7) is 0. The van der Waals surface area contributed by atoms with Gasteiger partial charge in [0.1, 0.15) is 11.2 Å². The fourth-order valence-corrected chi connectivity index (χ4v) is 7.71. The molecule has 10 aromatic rings. The van der Waals surface area contributed by atoms with Gasteiger partial charge in [0.2, 0.25) is 0 Å². The fourth-order valence-electron chi connectivity index (χ4n) is 7.71. The van der Waals surface area contributed by atoms with Crippen molar-refractivity contribution in [1.82, 2.24) is 0 Å². The summed E-state index contributed by atoms with van der Waals surface area (Å²) in [6, 6.07) is 78.5. The predicted molar refractivity (Wildman–Crippen MR) is 232 cm³/mol. The van der Waals surface area contributed by atoms with Gasteiger partial charge in [-0.2, -0.15) is 0 Å². The Kier molecular flexibility index (Phi) is 8.24. The topological polar surface area (TPSA) is 13.1 Å². The van der Waals surface area contributed by atoms with Crippen molar-refractivity contribution in [2.24, 2.45) is 0 Å². The first kappa shape index (κ1) is 32.4. The molecule has 258 valence electrons. The van der Waals surface area contributed by atoms with E-state index >= 15 is 0 Å². The molecule has 0 aliphatic carbocycles. The minimum Gasteiger partial charge on any atom is -0.456 e. The summed E-state index contributed by atoms with van der Waals surface area (Å²) in [4.78, 5) is 0. The third-order valence-electron chi connectivity index (χ3n) is 10.7. The Hall–Kier alpha value is -7.22. The van der Waals surface area contributed by atoms with Crippen LogP contribution < -0.4 is 0 Å². The molecular formula is C54H36O. The van der Waals surface area contributed by atoms with Crippen LogP contribution in [0.1, 0.15) is 0 Å². The van der Waals surface area contributed by atoms with Crippen LogP contribution in [-0.4, -0.2) is 0 Å². The van der Waals surface area contributed by atoms with Crippen molar-refractivity contribution in [3.63, 3.8) is 0 Å². The van der Waals surface area contributed by atoms with Gasteiger partial charge in [-0.15, -0.1) is 0 Å². The van der Waals surface area contributed by atoms with E-state index in [1.165, 1.54) is 77.9 Å². The standard InChI is InChI=1S/C54H36O/c1-3-9-37(10-4-1)39-21-27-45(28-22-39)49-33-48(38-11-5-2-6-12-38)34-50(35-49)46-29-23-43(24-30-46)41-17-15-40(16-18-41)42-19-25-44(26-20-42)47-31-32-54-52(36-47)51-13-7-8-14-53(51)55-54/h1-36H. The number of hydrogen-bond donors (Lipinski definition) is 0. The highest BCUT2D eigenvalue weighted by atomic mass is 16.3. The second-order valence-electron chi connectivity index (χ2n) is 14.1. The van der Waals surface area contributed by atoms with Crippen LogP contribution in [0, 0.1) is 0 Å². The molecular weight excluding hydrogens is 665 g/mol. The average Bonchev–Trinajstić information content (AvgIpc) is 3.65. The summed E-state index contributed by atoms with van der Waals surface area (Å²) in [5.41, 5.74) is 18.7. The Balaban J connectivity index is 0.900. The Morgan fingerprint density at radius 2 is 0.473 bits per heavy atom. The molecule has 0 unspecified atom stereocenters. The lowest BCUT2D eigenvalue weighted by Gasteiger charge is -2.13. The molecule has 1 heterocycles. The summed E-state index contributed by atoms with van der Waals surface area (Å²) in [5.74, 6) is 0. The van der Waals surface area contributed by atoms with E-state index in [0.717, 1.165) is 21.9 Å². The van der Waals surface area contributed by atoms with Crippen LogP contribution >= 0.6 is 0 Å². The SMILES string of the molecule is c1ccc(-c2ccc(-c3cc(-c4ccccc4)cc(-c4ccc(-c5ccc(-c6ccc(-c7ccc8oc9ccccc9c8c7)cc6)cc5)cc4)c3)cc2)cc1. The van der Waals surface area contributed by atoms with Crippen LogP contribution in [0.4, 0.5) is 0 Å². The van der Waals surface area contributed by atoms with E-state index in [0.29, 0.717) is 0 Å². The largest absolute Gasteiger partial charge is 0.456 e. The van der Waals surface area contributed by atoms with Gasteiger partial charge >= 0.3 is 0 Å². The number of rotatable bonds is 7. The van der Waals surface area contributed by atoms with E-state index in [2.05, 4.69) is 206 Å². The summed E-state index contributed by atoms with van der Waals surface area (Å²) in [6.07, 6.45) is 0. The van der Waals surface area contributed by atoms with Crippen LogP contribution in [0.15, 0.2) is 223 Å². The number of hydrogen-bond acceptors (Lipinski definition) is 1. The number of benzene rings is 9. The maximum absolute atomic E-state index is 6.04. The first-order chi connectivity index (χ1) is 27.2. The smallest absolute Gasteiger partial charge is 0.135 e. The average molecular weight is 701 g/mol. The van der Waals surface area contributed by atoms with Crippen molar-refractivity contribution in [2.45, 2.75) is 0 Å². The van der Waals surface area contributed by atoms with Crippen molar-refractivity contribution in [2.75, 3.05) is 0 Å². The van der Waals surface area contributed by atoms with Gasteiger partial charge < -0.3 is 4.42 Å². The third-order valence-corrected chi connectivity index (χ3v) is 10.7. The molecule has 0 amide bonds. The van der Waals surface area contributed by atoms with E-state index in [1.807, 2.05) is 12.1 Å². The highest BCUT2D eigenvalue weighted by Gasteiger charge is 2.11. The molecule has 1 aromatic heterocycles. The minimum absolute atomic E-state index is 0.920. The number of furan rings is 1. The van der Waals surface area contributed by atoms with E-state index in [-0.39, 0.29) is 0 Å². The molecule has 9 aromatic carbocycles. The highest BCUT2D eigenvalue weighted by molar-refractivity contribution is 6.06. The summed E-state index contributed by atoms with van der Waals surface area (Å²) in [5, 5.41) is 2.30. The molecule has 1 nitrogen and oxygen atoms in total. The van der Waals surface area contributed by atoms with Crippen molar-refractivity contribution >= 4 is 21.9 Å². The second kappa shape index (κ2) is 14.0. The predicted octanol–water partition coefficient (Wildman–Crippen LogP) is 15.3. The van der Waals surface area contributed by atoms with Crippen molar-refractivity contribution in [3.05, 3.63) is 218 Å². The number of para-hydroxylation sites is 1. The lowest BCUT2D eigenvalue weighted by atomic mass is 9.92. The Labute approximate surface area is 321 Å². The molecule has 0 saturated heterocycles. The van der Waals surface area contributed by atoms with Crippen LogP contribution in [0.2, 0.25) is 0 Å². The molecule has 10 rings (SSSR count). The molecule has 0 radical (unpaired) electrons. The maximum atomic E-state index is 6.04. The maximum Gasteiger partial charge on any atom is 0.135 e. The van der Waals surface area contributed by atoms with Crippen LogP contribution in [0.5, 0.6) is 0 Å². The molecule has 55 heavy (non-hydrogen) atoms. The molecule has 0 spiro atoms. The molecule has 0 N–H and O–H groups in total. The van der Waals surface area contributed by atoms with Gasteiger partial charge in [-0.3, -0.25) is 0 Å². The van der Waals surface area contributed by atoms with Crippen LogP contribution in [-0.2, 0) is 0 Å². The first-order valence-electron chi connectivity index (χ1n) is 18.8. The van der Waals surface area contributed by atoms with Gasteiger partial charge in [-0.1, -0.05) is 182 Å². The van der Waals surface area contributed by atoms with Crippen molar-refractivity contribution in [3.8, 4) is 77.9 Å². The minimum atomic E-state index is 0.920. The van der Waals surface area contributed by atoms with Crippen molar-refractivity contribution in [1.29, 1.82) is 0 Å². The molecule has 0 aliphatic rings. The Morgan fingerprint density at radius 3 is 0.909 bits per heavy atom. The molecule has 0 fully saturated rings. The summed E-state index contributed by atoms with van der Waals surface area (Å²) >= 11 is 0. The van der Waals surface area contributed by atoms with E-state index in [9.17, 15) is 0 Å². The quantitative estimate of drug-likeness (QED) is 0.161. The first-order valence-corrected chi connectivity index (χ1v) is 18.8. The molecule has 0 atom stereocenters. The second-order valence-corrected chi connectivity index (χ2v) is 14.1. The van der Waals surface area contributed by atoms with Gasteiger partial charge in [0.25, 0.3) is 0 Å². The van der Waals surface area contributed by atoms with Gasteiger partial charge in [0, 0.05) is 10.8 Å². The molecule has 0 saturated carbocycles. The zero-order chi connectivity index (χ0) is 36.6. The van der Waals surface area contributed by atoms with Gasteiger partial charge in [-0.05, 0) is 114 Å². The summed E-state index contributed by atoms with van der Waals surface area (Å²) in [7, 11) is 0. The van der Waals surface area contributed by atoms with E-state index in [1.54, 1.807) is 0 Å². The fraction of sp³-hybridized carbons (Fsp3) is 0. The van der Waals surface area contributed by atoms with Gasteiger partial charge in [-0.25, -0.2) is 0 Å². The van der Waals surface area contributed by atoms with Crippen LogP contribution in [0.3, 0.4) is 0 Å². The monoisotopic (exact) mass is 700 g/mol.